The fraction of sp³-hybridized carbons (Fsp3) is 0.316. The second-order valence-corrected chi connectivity index (χ2v) is 8.45. The number of hydrogen-bond donors (Lipinski definition) is 3. The van der Waals surface area contributed by atoms with Crippen LogP contribution in [0.2, 0.25) is 0 Å². The van der Waals surface area contributed by atoms with Crippen LogP contribution in [0.4, 0.5) is 13.2 Å². The SMILES string of the molecule is O=C(O)c1cc(S(=O)(=O)NC2CCNCC2)ccc1-c1cccc(C(F)(F)F)c1. The molecule has 10 heteroatoms. The summed E-state index contributed by atoms with van der Waals surface area (Å²) in [6.45, 7) is 1.34. The number of hydrogen-bond acceptors (Lipinski definition) is 4. The normalized spacial score (nSPS) is 16.0. The van der Waals surface area contributed by atoms with Crippen molar-refractivity contribution in [3.8, 4) is 11.1 Å². The molecule has 0 aliphatic carbocycles. The average molecular weight is 428 g/mol. The molecule has 2 aromatic rings. The van der Waals surface area contributed by atoms with Crippen LogP contribution in [0.1, 0.15) is 28.8 Å². The van der Waals surface area contributed by atoms with Gasteiger partial charge in [-0.25, -0.2) is 17.9 Å². The van der Waals surface area contributed by atoms with Gasteiger partial charge in [0.2, 0.25) is 10.0 Å². The first-order valence-electron chi connectivity index (χ1n) is 8.86. The van der Waals surface area contributed by atoms with Crippen LogP contribution < -0.4 is 10.0 Å². The molecule has 0 aromatic heterocycles. The quantitative estimate of drug-likeness (QED) is 0.680. The molecule has 6 nitrogen and oxygen atoms in total. The van der Waals surface area contributed by atoms with E-state index in [1.165, 1.54) is 24.3 Å². The first kappa shape index (κ1) is 21.3. The third-order valence-corrected chi connectivity index (χ3v) is 6.21. The number of aromatic carboxylic acids is 1. The fourth-order valence-corrected chi connectivity index (χ4v) is 4.54. The number of carboxylic acid groups (broad SMARTS) is 1. The highest BCUT2D eigenvalue weighted by atomic mass is 32.2. The van der Waals surface area contributed by atoms with Crippen LogP contribution in [0, 0.1) is 0 Å². The van der Waals surface area contributed by atoms with Gasteiger partial charge in [0.25, 0.3) is 0 Å². The first-order chi connectivity index (χ1) is 13.6. The zero-order valence-electron chi connectivity index (χ0n) is 15.2. The Labute approximate surface area is 165 Å². The summed E-state index contributed by atoms with van der Waals surface area (Å²) in [7, 11) is -3.97. The Balaban J connectivity index is 1.99. The summed E-state index contributed by atoms with van der Waals surface area (Å²) < 4.78 is 66.8. The third kappa shape index (κ3) is 4.95. The van der Waals surface area contributed by atoms with E-state index in [1.54, 1.807) is 0 Å². The number of nitrogens with one attached hydrogen (secondary N) is 2. The third-order valence-electron chi connectivity index (χ3n) is 4.69. The predicted octanol–water partition coefficient (Wildman–Crippen LogP) is 3.10. The van der Waals surface area contributed by atoms with Gasteiger partial charge in [-0.1, -0.05) is 18.2 Å². The van der Waals surface area contributed by atoms with E-state index in [9.17, 15) is 31.5 Å². The minimum Gasteiger partial charge on any atom is -0.478 e. The Bertz CT molecular complexity index is 1020. The molecule has 1 saturated heterocycles. The minimum atomic E-state index is -4.58. The number of halogens is 3. The Morgan fingerprint density at radius 1 is 1.10 bits per heavy atom. The van der Waals surface area contributed by atoms with Crippen molar-refractivity contribution in [2.24, 2.45) is 0 Å². The number of carboxylic acids is 1. The topological polar surface area (TPSA) is 95.5 Å². The van der Waals surface area contributed by atoms with Crippen LogP contribution >= 0.6 is 0 Å². The largest absolute Gasteiger partial charge is 0.478 e. The van der Waals surface area contributed by atoms with E-state index in [4.69, 9.17) is 0 Å². The van der Waals surface area contributed by atoms with Crippen molar-refractivity contribution in [3.05, 3.63) is 53.6 Å². The van der Waals surface area contributed by atoms with Gasteiger partial charge >= 0.3 is 12.1 Å². The van der Waals surface area contributed by atoms with E-state index >= 15 is 0 Å². The second-order valence-electron chi connectivity index (χ2n) is 6.74. The number of benzene rings is 2. The zero-order chi connectivity index (χ0) is 21.2. The molecule has 3 rings (SSSR count). The molecule has 0 amide bonds. The van der Waals surface area contributed by atoms with E-state index in [1.807, 2.05) is 0 Å². The van der Waals surface area contributed by atoms with Crippen molar-refractivity contribution in [2.75, 3.05) is 13.1 Å². The smallest absolute Gasteiger partial charge is 0.416 e. The maximum absolute atomic E-state index is 13.0. The molecule has 156 valence electrons. The summed E-state index contributed by atoms with van der Waals surface area (Å²) >= 11 is 0. The van der Waals surface area contributed by atoms with Gasteiger partial charge in [-0.3, -0.25) is 0 Å². The van der Waals surface area contributed by atoms with Crippen LogP contribution in [-0.4, -0.2) is 38.6 Å². The Hall–Kier alpha value is -2.43. The maximum Gasteiger partial charge on any atom is 0.416 e. The highest BCUT2D eigenvalue weighted by Crippen LogP contribution is 2.34. The summed E-state index contributed by atoms with van der Waals surface area (Å²) in [4.78, 5) is 11.5. The van der Waals surface area contributed by atoms with Gasteiger partial charge in [0.15, 0.2) is 0 Å². The Morgan fingerprint density at radius 2 is 1.79 bits per heavy atom. The molecule has 0 bridgehead atoms. The molecule has 0 spiro atoms. The zero-order valence-corrected chi connectivity index (χ0v) is 16.0. The summed E-state index contributed by atoms with van der Waals surface area (Å²) in [6, 6.07) is 7.36. The van der Waals surface area contributed by atoms with E-state index < -0.39 is 33.3 Å². The van der Waals surface area contributed by atoms with Gasteiger partial charge in [-0.05, 0) is 61.3 Å². The number of alkyl halides is 3. The molecule has 3 N–H and O–H groups in total. The van der Waals surface area contributed by atoms with Crippen LogP contribution in [0.3, 0.4) is 0 Å². The molecule has 1 fully saturated rings. The van der Waals surface area contributed by atoms with Gasteiger partial charge in [-0.15, -0.1) is 0 Å². The maximum atomic E-state index is 13.0. The Morgan fingerprint density at radius 3 is 2.41 bits per heavy atom. The van der Waals surface area contributed by atoms with Crippen molar-refractivity contribution >= 4 is 16.0 Å². The lowest BCUT2D eigenvalue weighted by Crippen LogP contribution is -2.42. The summed E-state index contributed by atoms with van der Waals surface area (Å²) in [5.74, 6) is -1.43. The minimum absolute atomic E-state index is 0.00409. The Kier molecular flexibility index (Phi) is 5.97. The van der Waals surface area contributed by atoms with Crippen LogP contribution in [0.15, 0.2) is 47.4 Å². The van der Waals surface area contributed by atoms with Crippen molar-refractivity contribution in [2.45, 2.75) is 30.0 Å². The van der Waals surface area contributed by atoms with Gasteiger partial charge in [0.1, 0.15) is 0 Å². The summed E-state index contributed by atoms with van der Waals surface area (Å²) in [5, 5.41) is 12.6. The standard InChI is InChI=1S/C19H19F3N2O4S/c20-19(21,22)13-3-1-2-12(10-13)16-5-4-15(11-17(16)18(25)26)29(27,28)24-14-6-8-23-9-7-14/h1-5,10-11,14,23-24H,6-9H2,(H,25,26). The van der Waals surface area contributed by atoms with Gasteiger partial charge in [-0.2, -0.15) is 13.2 Å². The summed E-state index contributed by atoms with van der Waals surface area (Å²) in [6.07, 6.45) is -3.37. The number of piperidine rings is 1. The predicted molar refractivity (Wildman–Crippen MR) is 100 cm³/mol. The molecule has 1 heterocycles. The molecule has 2 aromatic carbocycles. The van der Waals surface area contributed by atoms with Crippen molar-refractivity contribution < 1.29 is 31.5 Å². The molecule has 29 heavy (non-hydrogen) atoms. The molecule has 0 atom stereocenters. The molecule has 0 unspecified atom stereocenters. The molecular formula is C19H19F3N2O4S. The molecule has 0 saturated carbocycles. The number of carbonyl (C=O) groups is 1. The second kappa shape index (κ2) is 8.13. The fourth-order valence-electron chi connectivity index (χ4n) is 3.21. The lowest BCUT2D eigenvalue weighted by Gasteiger charge is -2.23. The number of rotatable bonds is 5. The molecular weight excluding hydrogens is 409 g/mol. The average Bonchev–Trinajstić information content (AvgIpc) is 2.67. The van der Waals surface area contributed by atoms with E-state index in [0.717, 1.165) is 18.2 Å². The van der Waals surface area contributed by atoms with Crippen LogP contribution in [0.5, 0.6) is 0 Å². The van der Waals surface area contributed by atoms with Crippen molar-refractivity contribution in [1.29, 1.82) is 0 Å². The molecule has 1 aliphatic rings. The van der Waals surface area contributed by atoms with Crippen molar-refractivity contribution in [1.82, 2.24) is 10.0 Å². The molecule has 1 aliphatic heterocycles. The van der Waals surface area contributed by atoms with Crippen LogP contribution in [0.25, 0.3) is 11.1 Å². The monoisotopic (exact) mass is 428 g/mol. The van der Waals surface area contributed by atoms with E-state index in [2.05, 4.69) is 10.0 Å². The number of sulfonamides is 1. The van der Waals surface area contributed by atoms with Crippen LogP contribution in [-0.2, 0) is 16.2 Å². The molecule has 0 radical (unpaired) electrons. The van der Waals surface area contributed by atoms with Gasteiger partial charge in [0.05, 0.1) is 16.0 Å². The highest BCUT2D eigenvalue weighted by Gasteiger charge is 2.31. The highest BCUT2D eigenvalue weighted by molar-refractivity contribution is 7.89. The van der Waals surface area contributed by atoms with Gasteiger partial charge in [0, 0.05) is 6.04 Å². The van der Waals surface area contributed by atoms with Gasteiger partial charge < -0.3 is 10.4 Å². The first-order valence-corrected chi connectivity index (χ1v) is 10.3. The van der Waals surface area contributed by atoms with E-state index in [0.29, 0.717) is 25.9 Å². The summed E-state index contributed by atoms with van der Waals surface area (Å²) in [5.41, 5.74) is -1.27. The van der Waals surface area contributed by atoms with Crippen molar-refractivity contribution in [3.63, 3.8) is 0 Å². The lowest BCUT2D eigenvalue weighted by molar-refractivity contribution is -0.137. The lowest BCUT2D eigenvalue weighted by atomic mass is 9.98. The van der Waals surface area contributed by atoms with E-state index in [-0.39, 0.29) is 22.1 Å².